The van der Waals surface area contributed by atoms with Crippen LogP contribution in [0.15, 0.2) is 0 Å². The fraction of sp³-hybridized carbons (Fsp3) is 0.900. The average Bonchev–Trinajstić information content (AvgIpc) is 2.01. The second kappa shape index (κ2) is 4.09. The van der Waals surface area contributed by atoms with E-state index < -0.39 is 11.5 Å². The lowest BCUT2D eigenvalue weighted by Gasteiger charge is -2.38. The molecule has 0 saturated carbocycles. The number of carboxylic acid groups (broad SMARTS) is 1. The summed E-state index contributed by atoms with van der Waals surface area (Å²) < 4.78 is 0. The number of hydrogen-bond acceptors (Lipinski definition) is 2. The van der Waals surface area contributed by atoms with Crippen molar-refractivity contribution in [1.82, 2.24) is 4.90 Å². The number of nitrogens with zero attached hydrogens (tertiary/aromatic N) is 1. The average molecular weight is 187 g/mol. The van der Waals surface area contributed by atoms with Crippen LogP contribution in [0.5, 0.6) is 0 Å². The van der Waals surface area contributed by atoms with Gasteiger partial charge in [-0.15, -0.1) is 0 Å². The SMILES string of the molecule is CC(C)C(C)N(C)C(C)(C)C(=O)O. The largest absolute Gasteiger partial charge is 0.480 e. The van der Waals surface area contributed by atoms with Gasteiger partial charge in [0.15, 0.2) is 0 Å². The fourth-order valence-electron chi connectivity index (χ4n) is 1.11. The van der Waals surface area contributed by atoms with E-state index in [0.717, 1.165) is 0 Å². The molecule has 13 heavy (non-hydrogen) atoms. The number of carbonyl (C=O) groups is 1. The first-order chi connectivity index (χ1) is 5.71. The molecule has 0 rings (SSSR count). The number of hydrogen-bond donors (Lipinski definition) is 1. The Morgan fingerprint density at radius 1 is 1.31 bits per heavy atom. The molecule has 3 heteroatoms. The van der Waals surface area contributed by atoms with Crippen LogP contribution in [0.4, 0.5) is 0 Å². The second-order valence-corrected chi connectivity index (χ2v) is 4.46. The predicted molar refractivity (Wildman–Crippen MR) is 53.8 cm³/mol. The molecule has 0 aromatic carbocycles. The zero-order valence-electron chi connectivity index (χ0n) is 9.46. The topological polar surface area (TPSA) is 40.5 Å². The Morgan fingerprint density at radius 3 is 1.92 bits per heavy atom. The Morgan fingerprint density at radius 2 is 1.69 bits per heavy atom. The summed E-state index contributed by atoms with van der Waals surface area (Å²) in [6, 6.07) is 0.270. The lowest BCUT2D eigenvalue weighted by Crippen LogP contribution is -2.53. The first-order valence-corrected chi connectivity index (χ1v) is 4.67. The minimum Gasteiger partial charge on any atom is -0.480 e. The third kappa shape index (κ3) is 2.69. The van der Waals surface area contributed by atoms with Gasteiger partial charge in [-0.25, -0.2) is 0 Å². The highest BCUT2D eigenvalue weighted by atomic mass is 16.4. The van der Waals surface area contributed by atoms with Crippen molar-refractivity contribution in [3.05, 3.63) is 0 Å². The molecule has 3 nitrogen and oxygen atoms in total. The van der Waals surface area contributed by atoms with Gasteiger partial charge in [-0.2, -0.15) is 0 Å². The summed E-state index contributed by atoms with van der Waals surface area (Å²) >= 11 is 0. The van der Waals surface area contributed by atoms with E-state index in [0.29, 0.717) is 5.92 Å². The molecular weight excluding hydrogens is 166 g/mol. The van der Waals surface area contributed by atoms with Gasteiger partial charge in [0.1, 0.15) is 5.54 Å². The molecule has 0 aromatic rings. The van der Waals surface area contributed by atoms with Crippen LogP contribution in [-0.4, -0.2) is 34.6 Å². The molecular formula is C10H21NO2. The van der Waals surface area contributed by atoms with Crippen molar-refractivity contribution in [2.75, 3.05) is 7.05 Å². The molecule has 0 spiro atoms. The van der Waals surface area contributed by atoms with E-state index in [1.807, 2.05) is 11.9 Å². The van der Waals surface area contributed by atoms with Gasteiger partial charge in [0.2, 0.25) is 0 Å². The zero-order valence-corrected chi connectivity index (χ0v) is 9.46. The third-order valence-corrected chi connectivity index (χ3v) is 2.98. The highest BCUT2D eigenvalue weighted by molar-refractivity contribution is 5.77. The minimum absolute atomic E-state index is 0.270. The summed E-state index contributed by atoms with van der Waals surface area (Å²) in [4.78, 5) is 12.9. The van der Waals surface area contributed by atoms with Gasteiger partial charge >= 0.3 is 5.97 Å². The molecule has 0 aliphatic rings. The highest BCUT2D eigenvalue weighted by Crippen LogP contribution is 2.19. The predicted octanol–water partition coefficient (Wildman–Crippen LogP) is 1.83. The van der Waals surface area contributed by atoms with Gasteiger partial charge in [0.05, 0.1) is 0 Å². The minimum atomic E-state index is -0.788. The van der Waals surface area contributed by atoms with Crippen LogP contribution < -0.4 is 0 Å². The number of rotatable bonds is 4. The summed E-state index contributed by atoms with van der Waals surface area (Å²) in [6.45, 7) is 9.70. The molecule has 0 amide bonds. The van der Waals surface area contributed by atoms with Crippen molar-refractivity contribution in [3.8, 4) is 0 Å². The standard InChI is InChI=1S/C10H21NO2/c1-7(2)8(3)11(6)10(4,5)9(12)13/h7-8H,1-6H3,(H,12,13). The van der Waals surface area contributed by atoms with Crippen LogP contribution in [0.3, 0.4) is 0 Å². The molecule has 0 fully saturated rings. The van der Waals surface area contributed by atoms with E-state index in [-0.39, 0.29) is 6.04 Å². The Kier molecular flexibility index (Phi) is 3.91. The second-order valence-electron chi connectivity index (χ2n) is 4.46. The summed E-state index contributed by atoms with van der Waals surface area (Å²) in [5.74, 6) is -0.314. The number of carboxylic acids is 1. The molecule has 1 unspecified atom stereocenters. The van der Waals surface area contributed by atoms with Crippen LogP contribution in [0, 0.1) is 5.92 Å². The number of likely N-dealkylation sites (N-methyl/N-ethyl adjacent to an activating group) is 1. The van der Waals surface area contributed by atoms with E-state index in [1.165, 1.54) is 0 Å². The van der Waals surface area contributed by atoms with Gasteiger partial charge in [0.25, 0.3) is 0 Å². The monoisotopic (exact) mass is 187 g/mol. The fourth-order valence-corrected chi connectivity index (χ4v) is 1.11. The summed E-state index contributed by atoms with van der Waals surface area (Å²) in [6.07, 6.45) is 0. The molecule has 78 valence electrons. The first kappa shape index (κ1) is 12.4. The molecule has 0 aliphatic carbocycles. The van der Waals surface area contributed by atoms with Crippen LogP contribution in [0.2, 0.25) is 0 Å². The Balaban J connectivity index is 4.58. The normalized spacial score (nSPS) is 15.1. The van der Waals surface area contributed by atoms with Crippen molar-refractivity contribution < 1.29 is 9.90 Å². The van der Waals surface area contributed by atoms with Crippen molar-refractivity contribution in [2.45, 2.75) is 46.2 Å². The van der Waals surface area contributed by atoms with Crippen molar-refractivity contribution in [1.29, 1.82) is 0 Å². The molecule has 0 radical (unpaired) electrons. The van der Waals surface area contributed by atoms with Crippen molar-refractivity contribution in [3.63, 3.8) is 0 Å². The maximum Gasteiger partial charge on any atom is 0.323 e. The Labute approximate surface area is 80.7 Å². The van der Waals surface area contributed by atoms with Crippen molar-refractivity contribution in [2.24, 2.45) is 5.92 Å². The molecule has 1 atom stereocenters. The maximum absolute atomic E-state index is 10.9. The Bertz CT molecular complexity index is 187. The van der Waals surface area contributed by atoms with Gasteiger partial charge in [-0.3, -0.25) is 9.69 Å². The van der Waals surface area contributed by atoms with Crippen LogP contribution in [0.1, 0.15) is 34.6 Å². The van der Waals surface area contributed by atoms with E-state index in [9.17, 15) is 4.79 Å². The number of aliphatic carboxylic acids is 1. The van der Waals surface area contributed by atoms with Crippen molar-refractivity contribution >= 4 is 5.97 Å². The van der Waals surface area contributed by atoms with Crippen LogP contribution in [0.25, 0.3) is 0 Å². The maximum atomic E-state index is 10.9. The quantitative estimate of drug-likeness (QED) is 0.730. The van der Waals surface area contributed by atoms with E-state index in [2.05, 4.69) is 20.8 Å². The highest BCUT2D eigenvalue weighted by Gasteiger charge is 2.35. The summed E-state index contributed by atoms with van der Waals surface area (Å²) in [5, 5.41) is 9.00. The molecule has 0 aromatic heterocycles. The summed E-state index contributed by atoms with van der Waals surface area (Å²) in [5.41, 5.74) is -0.788. The zero-order chi connectivity index (χ0) is 10.8. The van der Waals surface area contributed by atoms with Gasteiger partial charge in [-0.05, 0) is 33.7 Å². The molecule has 0 heterocycles. The lowest BCUT2D eigenvalue weighted by atomic mass is 9.97. The van der Waals surface area contributed by atoms with Crippen LogP contribution >= 0.6 is 0 Å². The van der Waals surface area contributed by atoms with Gasteiger partial charge < -0.3 is 5.11 Å². The van der Waals surface area contributed by atoms with Gasteiger partial charge in [0, 0.05) is 6.04 Å². The Hall–Kier alpha value is -0.570. The van der Waals surface area contributed by atoms with Crippen LogP contribution in [-0.2, 0) is 4.79 Å². The molecule has 0 aliphatic heterocycles. The summed E-state index contributed by atoms with van der Waals surface area (Å²) in [7, 11) is 1.86. The molecule has 0 bridgehead atoms. The van der Waals surface area contributed by atoms with Gasteiger partial charge in [-0.1, -0.05) is 13.8 Å². The lowest BCUT2D eigenvalue weighted by molar-refractivity contribution is -0.150. The van der Waals surface area contributed by atoms with E-state index in [4.69, 9.17) is 5.11 Å². The molecule has 0 saturated heterocycles. The first-order valence-electron chi connectivity index (χ1n) is 4.67. The van der Waals surface area contributed by atoms with E-state index >= 15 is 0 Å². The third-order valence-electron chi connectivity index (χ3n) is 2.98. The smallest absolute Gasteiger partial charge is 0.323 e. The van der Waals surface area contributed by atoms with E-state index in [1.54, 1.807) is 13.8 Å². The molecule has 1 N–H and O–H groups in total.